The lowest BCUT2D eigenvalue weighted by molar-refractivity contribution is -0.118. The van der Waals surface area contributed by atoms with Gasteiger partial charge in [0, 0.05) is 41.8 Å². The molecule has 1 unspecified atom stereocenters. The number of hydrogen-bond donors (Lipinski definition) is 4. The minimum Gasteiger partial charge on any atom is -0.497 e. The summed E-state index contributed by atoms with van der Waals surface area (Å²) in [5.41, 5.74) is 1.76. The van der Waals surface area contributed by atoms with Crippen LogP contribution in [0, 0.1) is 23.7 Å². The molecule has 2 aliphatic rings. The van der Waals surface area contributed by atoms with Gasteiger partial charge in [-0.15, -0.1) is 0 Å². The molecule has 78 heavy (non-hydrogen) atoms. The van der Waals surface area contributed by atoms with Crippen LogP contribution < -0.4 is 30.4 Å². The lowest BCUT2D eigenvalue weighted by atomic mass is 9.79. The van der Waals surface area contributed by atoms with Crippen LogP contribution in [0.25, 0.3) is 22.3 Å². The monoisotopic (exact) mass is 1080 g/mol. The van der Waals surface area contributed by atoms with Crippen molar-refractivity contribution in [1.29, 1.82) is 0 Å². The van der Waals surface area contributed by atoms with Crippen molar-refractivity contribution in [2.45, 2.75) is 83.6 Å². The van der Waals surface area contributed by atoms with Crippen LogP contribution in [0.1, 0.15) is 86.8 Å². The number of aromatic amines is 1. The van der Waals surface area contributed by atoms with Crippen LogP contribution in [0.4, 0.5) is 11.8 Å². The lowest BCUT2D eigenvalue weighted by Gasteiger charge is -2.41. The highest BCUT2D eigenvalue weighted by Gasteiger charge is 2.51. The number of rotatable bonds is 19. The Morgan fingerprint density at radius 3 is 2.01 bits per heavy atom. The maximum Gasteiger partial charge on any atom is 0.336 e. The van der Waals surface area contributed by atoms with Crippen LogP contribution in [0.5, 0.6) is 11.5 Å². The molecule has 0 bridgehead atoms. The summed E-state index contributed by atoms with van der Waals surface area (Å²) in [7, 11) is -1.40. The third kappa shape index (κ3) is 10.4. The van der Waals surface area contributed by atoms with Crippen molar-refractivity contribution in [2.75, 3.05) is 31.4 Å². The number of nitrogens with one attached hydrogen (secondary N) is 4. The minimum absolute atomic E-state index is 0.0365. The number of anilines is 2. The van der Waals surface area contributed by atoms with Gasteiger partial charge in [-0.1, -0.05) is 107 Å². The van der Waals surface area contributed by atoms with Crippen LogP contribution in [0.15, 0.2) is 133 Å². The van der Waals surface area contributed by atoms with Gasteiger partial charge < -0.3 is 28.8 Å². The molecule has 8 aromatic rings. The summed E-state index contributed by atoms with van der Waals surface area (Å²) >= 11 is 0. The van der Waals surface area contributed by atoms with Crippen LogP contribution in [-0.2, 0) is 34.4 Å². The fourth-order valence-corrected chi connectivity index (χ4v) is 11.8. The predicted molar refractivity (Wildman–Crippen MR) is 290 cm³/mol. The standard InChI is InChI=1S/C56H61N11O10S/c1-8-43-34(5)47(54(75-43)67-31-60-45-50(67)63-55(65-53(45)70)64-51(68)32(2)3)77-78(71,72)61-28-36-27-42(66-30-59-44-48(57-29-58-49(44)66)62-52(69)35-15-11-9-12-16-35)33(4)46(36)76-56(37-17-13-10-14-18-37,38-19-23-40(73-6)24-20-38)39-21-25-41(74-7)26-22-39/h9-26,29-34,36,42-43,46-47,54,61H,8,27-28H2,1-7H3,(H,57,58,62,69)(H2,63,64,65,68,70)/t33-,34+,36+,42+,43+,46?,47+,54+/m0/s1. The van der Waals surface area contributed by atoms with Gasteiger partial charge in [-0.25, -0.2) is 24.1 Å². The Kier molecular flexibility index (Phi) is 15.2. The van der Waals surface area contributed by atoms with E-state index in [1.807, 2.05) is 103 Å². The fraction of sp³-hybridized carbons (Fsp3) is 0.357. The molecule has 8 atom stereocenters. The molecule has 4 aromatic carbocycles. The number of ether oxygens (including phenoxy) is 4. The first kappa shape index (κ1) is 53.5. The number of carbonyl (C=O) groups excluding carboxylic acids is 2. The topological polar surface area (TPSA) is 258 Å². The largest absolute Gasteiger partial charge is 0.497 e. The Bertz CT molecular complexity index is 3550. The van der Waals surface area contributed by atoms with E-state index < -0.39 is 63.8 Å². The van der Waals surface area contributed by atoms with Gasteiger partial charge in [0.25, 0.3) is 11.5 Å². The average molecular weight is 1080 g/mol. The Labute approximate surface area is 450 Å². The summed E-state index contributed by atoms with van der Waals surface area (Å²) < 4.78 is 67.3. The molecule has 4 N–H and O–H groups in total. The maximum atomic E-state index is 14.7. The number of methoxy groups -OCH3 is 2. The molecule has 406 valence electrons. The third-order valence-electron chi connectivity index (χ3n) is 14.9. The van der Waals surface area contributed by atoms with Crippen molar-refractivity contribution in [3.05, 3.63) is 161 Å². The number of fused-ring (bicyclic) bond motifs is 2. The number of nitrogens with zero attached hydrogens (tertiary/aromatic N) is 7. The van der Waals surface area contributed by atoms with Crippen LogP contribution in [-0.4, -0.2) is 98.3 Å². The summed E-state index contributed by atoms with van der Waals surface area (Å²) in [6, 6.07) is 33.6. The molecule has 0 spiro atoms. The highest BCUT2D eigenvalue weighted by atomic mass is 32.2. The summed E-state index contributed by atoms with van der Waals surface area (Å²) in [5.74, 6) is -1.07. The van der Waals surface area contributed by atoms with E-state index >= 15 is 0 Å². The quantitative estimate of drug-likeness (QED) is 0.0570. The summed E-state index contributed by atoms with van der Waals surface area (Å²) in [6.07, 6.45) is 1.91. The molecule has 5 heterocycles. The first-order valence-corrected chi connectivity index (χ1v) is 27.2. The summed E-state index contributed by atoms with van der Waals surface area (Å²) in [4.78, 5) is 64.5. The van der Waals surface area contributed by atoms with Crippen molar-refractivity contribution >= 4 is 56.2 Å². The molecule has 1 saturated carbocycles. The molecule has 2 amide bonds. The van der Waals surface area contributed by atoms with Crippen molar-refractivity contribution in [1.82, 2.24) is 43.8 Å². The van der Waals surface area contributed by atoms with E-state index in [-0.39, 0.29) is 53.2 Å². The van der Waals surface area contributed by atoms with Crippen molar-refractivity contribution in [3.8, 4) is 11.5 Å². The third-order valence-corrected chi connectivity index (χ3v) is 15.9. The molecule has 2 fully saturated rings. The number of carbonyl (C=O) groups is 2. The SMILES string of the molecule is CC[C@H]1O[C@@H](n2cnc3c(=O)[nH]c(NC(=O)C(C)C)nc32)[C@H](OS(=O)(=O)NC[C@H]2C[C@@H](n3cnc4c(NC(=O)c5ccccc5)ncnc43)[C@H](C)C2OC(c2ccccc2)(c2ccc(OC)cc2)c2ccc(OC)cc2)[C@@H]1C. The van der Waals surface area contributed by atoms with E-state index in [1.54, 1.807) is 58.7 Å². The molecule has 0 radical (unpaired) electrons. The average Bonchev–Trinajstić information content (AvgIpc) is 4.40. The number of amides is 2. The van der Waals surface area contributed by atoms with Crippen LogP contribution in [0.3, 0.4) is 0 Å². The molecular weight excluding hydrogens is 1020 g/mol. The number of hydrogen-bond acceptors (Lipinski definition) is 15. The van der Waals surface area contributed by atoms with E-state index in [4.69, 9.17) is 28.1 Å². The van der Waals surface area contributed by atoms with Gasteiger partial charge in [-0.05, 0) is 65.9 Å². The normalized spacial score (nSPS) is 21.5. The second-order valence-electron chi connectivity index (χ2n) is 20.0. The van der Waals surface area contributed by atoms with Crippen molar-refractivity contribution in [2.24, 2.45) is 23.7 Å². The Morgan fingerprint density at radius 2 is 1.38 bits per heavy atom. The molecule has 1 saturated heterocycles. The number of imidazole rings is 2. The maximum absolute atomic E-state index is 14.7. The zero-order valence-electron chi connectivity index (χ0n) is 44.1. The van der Waals surface area contributed by atoms with Gasteiger partial charge in [0.1, 0.15) is 29.5 Å². The second-order valence-corrected chi connectivity index (χ2v) is 21.3. The molecule has 1 aliphatic heterocycles. The van der Waals surface area contributed by atoms with Gasteiger partial charge in [0.2, 0.25) is 11.9 Å². The van der Waals surface area contributed by atoms with E-state index in [1.165, 1.54) is 17.2 Å². The van der Waals surface area contributed by atoms with Crippen LogP contribution >= 0.6 is 0 Å². The Balaban J connectivity index is 1.02. The summed E-state index contributed by atoms with van der Waals surface area (Å²) in [5, 5.41) is 5.53. The Hall–Kier alpha value is -7.89. The zero-order chi connectivity index (χ0) is 54.9. The molecule has 10 rings (SSSR count). The van der Waals surface area contributed by atoms with Gasteiger partial charge >= 0.3 is 10.3 Å². The molecule has 1 aliphatic carbocycles. The second kappa shape index (κ2) is 22.2. The smallest absolute Gasteiger partial charge is 0.336 e. The number of benzene rings is 4. The van der Waals surface area contributed by atoms with E-state index in [0.717, 1.165) is 16.7 Å². The molecule has 4 aromatic heterocycles. The first-order chi connectivity index (χ1) is 37.6. The van der Waals surface area contributed by atoms with E-state index in [0.29, 0.717) is 41.1 Å². The number of H-pyrrole nitrogens is 1. The van der Waals surface area contributed by atoms with Gasteiger partial charge in [0.05, 0.1) is 39.1 Å². The first-order valence-electron chi connectivity index (χ1n) is 25.8. The highest BCUT2D eigenvalue weighted by molar-refractivity contribution is 7.84. The predicted octanol–water partition coefficient (Wildman–Crippen LogP) is 7.56. The van der Waals surface area contributed by atoms with Gasteiger partial charge in [0.15, 0.2) is 34.4 Å². The fourth-order valence-electron chi connectivity index (χ4n) is 10.8. The van der Waals surface area contributed by atoms with E-state index in [9.17, 15) is 22.8 Å². The zero-order valence-corrected chi connectivity index (χ0v) is 44.9. The van der Waals surface area contributed by atoms with Crippen molar-refractivity contribution in [3.63, 3.8) is 0 Å². The lowest BCUT2D eigenvalue weighted by Crippen LogP contribution is -2.43. The molecule has 22 heteroatoms. The Morgan fingerprint density at radius 1 is 0.769 bits per heavy atom. The molecule has 21 nitrogen and oxygen atoms in total. The van der Waals surface area contributed by atoms with E-state index in [2.05, 4.69) is 47.2 Å². The van der Waals surface area contributed by atoms with Crippen LogP contribution in [0.2, 0.25) is 0 Å². The van der Waals surface area contributed by atoms with Gasteiger partial charge in [-0.3, -0.25) is 29.3 Å². The van der Waals surface area contributed by atoms with Gasteiger partial charge in [-0.2, -0.15) is 18.1 Å². The minimum atomic E-state index is -4.61. The highest BCUT2D eigenvalue weighted by Crippen LogP contribution is 2.50. The summed E-state index contributed by atoms with van der Waals surface area (Å²) in [6.45, 7) is 9.09. The molecular formula is C56H61N11O10S. The van der Waals surface area contributed by atoms with Crippen molar-refractivity contribution < 1.29 is 41.1 Å². The number of aromatic nitrogens is 8.